The summed E-state index contributed by atoms with van der Waals surface area (Å²) in [5, 5.41) is 0.447. The van der Waals surface area contributed by atoms with Crippen molar-refractivity contribution in [1.82, 2.24) is 15.2 Å². The van der Waals surface area contributed by atoms with Crippen LogP contribution in [0.25, 0.3) is 0 Å². The molecule has 1 atom stereocenters. The number of piperidine rings is 1. The van der Waals surface area contributed by atoms with Crippen molar-refractivity contribution in [2.45, 2.75) is 69.2 Å². The van der Waals surface area contributed by atoms with Gasteiger partial charge in [0, 0.05) is 30.6 Å². The van der Waals surface area contributed by atoms with Crippen molar-refractivity contribution in [1.29, 1.82) is 0 Å². The summed E-state index contributed by atoms with van der Waals surface area (Å²) >= 11 is 6.11. The average molecular weight is 428 g/mol. The number of amides is 1. The highest BCUT2D eigenvalue weighted by Crippen LogP contribution is 2.29. The van der Waals surface area contributed by atoms with Crippen molar-refractivity contribution in [3.63, 3.8) is 0 Å². The number of carbonyl (C=O) groups excluding carboxylic acids is 1. The highest BCUT2D eigenvalue weighted by molar-refractivity contribution is 7.89. The van der Waals surface area contributed by atoms with Gasteiger partial charge < -0.3 is 0 Å². The summed E-state index contributed by atoms with van der Waals surface area (Å²) in [6.07, 6.45) is 7.80. The van der Waals surface area contributed by atoms with Gasteiger partial charge in [-0.25, -0.2) is 13.8 Å². The highest BCUT2D eigenvalue weighted by Gasteiger charge is 2.32. The Bertz CT molecular complexity index is 794. The normalized spacial score (nSPS) is 22.1. The minimum atomic E-state index is -3.61. The molecular formula is C20H30ClN3O3S. The molecule has 156 valence electrons. The first-order valence-electron chi connectivity index (χ1n) is 10.2. The maximum atomic E-state index is 13.1. The quantitative estimate of drug-likeness (QED) is 0.682. The van der Waals surface area contributed by atoms with Crippen LogP contribution < -0.4 is 10.9 Å². The van der Waals surface area contributed by atoms with Crippen LogP contribution in [0, 0.1) is 12.8 Å². The smallest absolute Gasteiger partial charge is 0.243 e. The third-order valence-corrected chi connectivity index (χ3v) is 8.23. The highest BCUT2D eigenvalue weighted by atomic mass is 35.5. The summed E-state index contributed by atoms with van der Waals surface area (Å²) in [6.45, 7) is 2.57. The molecule has 1 unspecified atom stereocenters. The molecule has 1 saturated carbocycles. The van der Waals surface area contributed by atoms with Gasteiger partial charge in [0.2, 0.25) is 15.9 Å². The number of hydrazine groups is 1. The van der Waals surface area contributed by atoms with E-state index in [0.29, 0.717) is 36.1 Å². The minimum Gasteiger partial charge on any atom is -0.291 e. The van der Waals surface area contributed by atoms with Gasteiger partial charge in [-0.1, -0.05) is 36.9 Å². The maximum Gasteiger partial charge on any atom is 0.243 e. The van der Waals surface area contributed by atoms with Crippen LogP contribution in [0.15, 0.2) is 23.1 Å². The van der Waals surface area contributed by atoms with Gasteiger partial charge in [-0.15, -0.1) is 0 Å². The van der Waals surface area contributed by atoms with E-state index in [9.17, 15) is 13.2 Å². The number of hydrogen-bond donors (Lipinski definition) is 2. The van der Waals surface area contributed by atoms with Crippen molar-refractivity contribution in [2.24, 2.45) is 5.92 Å². The fraction of sp³-hybridized carbons (Fsp3) is 0.650. The predicted octanol–water partition coefficient (Wildman–Crippen LogP) is 3.39. The second kappa shape index (κ2) is 9.57. The summed E-state index contributed by atoms with van der Waals surface area (Å²) in [4.78, 5) is 12.6. The first-order valence-corrected chi connectivity index (χ1v) is 12.0. The van der Waals surface area contributed by atoms with Gasteiger partial charge >= 0.3 is 0 Å². The summed E-state index contributed by atoms with van der Waals surface area (Å²) in [6, 6.07) is 5.31. The minimum absolute atomic E-state index is 0.0242. The molecule has 2 N–H and O–H groups in total. The number of nitrogens with zero attached hydrogens (tertiary/aromatic N) is 1. The molecule has 6 nitrogen and oxygen atoms in total. The standard InChI is InChI=1S/C20H30ClN3O3S/c1-15-18(21)10-5-11-19(15)28(26,27)24-12-6-7-16(14-24)13-20(25)23-22-17-8-3-2-4-9-17/h5,10-11,16-17,22H,2-4,6-9,12-14H2,1H3,(H,23,25). The number of sulfonamides is 1. The first-order chi connectivity index (χ1) is 13.4. The summed E-state index contributed by atoms with van der Waals surface area (Å²) in [7, 11) is -3.61. The fourth-order valence-electron chi connectivity index (χ4n) is 4.16. The van der Waals surface area contributed by atoms with Crippen molar-refractivity contribution in [3.05, 3.63) is 28.8 Å². The second-order valence-electron chi connectivity index (χ2n) is 7.97. The third-order valence-electron chi connectivity index (χ3n) is 5.81. The van der Waals surface area contributed by atoms with Gasteiger partial charge in [0.15, 0.2) is 0 Å². The molecule has 2 fully saturated rings. The van der Waals surface area contributed by atoms with E-state index < -0.39 is 10.0 Å². The van der Waals surface area contributed by atoms with Gasteiger partial charge in [-0.05, 0) is 56.2 Å². The van der Waals surface area contributed by atoms with Crippen LogP contribution in [-0.2, 0) is 14.8 Å². The largest absolute Gasteiger partial charge is 0.291 e. The molecule has 1 aromatic rings. The average Bonchev–Trinajstić information content (AvgIpc) is 2.69. The maximum absolute atomic E-state index is 13.1. The van der Waals surface area contributed by atoms with Gasteiger partial charge in [0.05, 0.1) is 4.90 Å². The Morgan fingerprint density at radius 1 is 1.18 bits per heavy atom. The van der Waals surface area contributed by atoms with Crippen LogP contribution in [0.2, 0.25) is 5.02 Å². The second-order valence-corrected chi connectivity index (χ2v) is 10.3. The van der Waals surface area contributed by atoms with E-state index in [1.165, 1.54) is 23.6 Å². The molecule has 0 spiro atoms. The molecule has 1 amide bonds. The van der Waals surface area contributed by atoms with Crippen molar-refractivity contribution in [2.75, 3.05) is 13.1 Å². The zero-order valence-electron chi connectivity index (χ0n) is 16.4. The lowest BCUT2D eigenvalue weighted by Gasteiger charge is -2.32. The number of halogens is 1. The van der Waals surface area contributed by atoms with Crippen LogP contribution in [0.3, 0.4) is 0 Å². The third kappa shape index (κ3) is 5.26. The molecule has 1 heterocycles. The molecule has 28 heavy (non-hydrogen) atoms. The molecule has 1 aliphatic carbocycles. The molecule has 8 heteroatoms. The van der Waals surface area contributed by atoms with Crippen molar-refractivity contribution >= 4 is 27.5 Å². The molecule has 1 aliphatic heterocycles. The first kappa shape index (κ1) is 21.6. The van der Waals surface area contributed by atoms with Crippen LogP contribution in [0.1, 0.15) is 56.9 Å². The molecule has 0 radical (unpaired) electrons. The number of nitrogens with one attached hydrogen (secondary N) is 2. The molecular weight excluding hydrogens is 398 g/mol. The number of rotatable bonds is 6. The predicted molar refractivity (Wildman–Crippen MR) is 110 cm³/mol. The summed E-state index contributed by atoms with van der Waals surface area (Å²) in [5.41, 5.74) is 6.54. The molecule has 0 aromatic heterocycles. The van der Waals surface area contributed by atoms with Gasteiger partial charge in [0.1, 0.15) is 0 Å². The van der Waals surface area contributed by atoms with Crippen LogP contribution in [-0.4, -0.2) is 37.8 Å². The number of carbonyl (C=O) groups is 1. The zero-order chi connectivity index (χ0) is 20.1. The van der Waals surface area contributed by atoms with E-state index in [2.05, 4.69) is 10.9 Å². The van der Waals surface area contributed by atoms with E-state index in [-0.39, 0.29) is 16.7 Å². The topological polar surface area (TPSA) is 78.5 Å². The molecule has 2 aliphatic rings. The number of hydrogen-bond acceptors (Lipinski definition) is 4. The van der Waals surface area contributed by atoms with Crippen LogP contribution in [0.4, 0.5) is 0 Å². The van der Waals surface area contributed by atoms with Crippen LogP contribution in [0.5, 0.6) is 0 Å². The van der Waals surface area contributed by atoms with E-state index in [4.69, 9.17) is 11.6 Å². The molecule has 0 bridgehead atoms. The Kier molecular flexibility index (Phi) is 7.36. The summed E-state index contributed by atoms with van der Waals surface area (Å²) in [5.74, 6) is -0.0371. The van der Waals surface area contributed by atoms with E-state index in [0.717, 1.165) is 25.7 Å². The number of benzene rings is 1. The lowest BCUT2D eigenvalue weighted by molar-refractivity contribution is -0.123. The lowest BCUT2D eigenvalue weighted by atomic mass is 9.95. The fourth-order valence-corrected chi connectivity index (χ4v) is 6.19. The van der Waals surface area contributed by atoms with Crippen molar-refractivity contribution < 1.29 is 13.2 Å². The molecule has 3 rings (SSSR count). The van der Waals surface area contributed by atoms with Gasteiger partial charge in [0.25, 0.3) is 0 Å². The summed E-state index contributed by atoms with van der Waals surface area (Å²) < 4.78 is 27.7. The Morgan fingerprint density at radius 3 is 2.68 bits per heavy atom. The van der Waals surface area contributed by atoms with Gasteiger partial charge in [-0.2, -0.15) is 4.31 Å². The molecule has 1 aromatic carbocycles. The zero-order valence-corrected chi connectivity index (χ0v) is 18.0. The van der Waals surface area contributed by atoms with Crippen LogP contribution >= 0.6 is 11.6 Å². The Labute approximate surface area is 173 Å². The Hall–Kier alpha value is -1.15. The van der Waals surface area contributed by atoms with Crippen molar-refractivity contribution in [3.8, 4) is 0 Å². The van der Waals surface area contributed by atoms with E-state index >= 15 is 0 Å². The molecule has 1 saturated heterocycles. The SMILES string of the molecule is Cc1c(Cl)cccc1S(=O)(=O)N1CCCC(CC(=O)NNC2CCCCC2)C1. The Morgan fingerprint density at radius 2 is 1.93 bits per heavy atom. The lowest BCUT2D eigenvalue weighted by Crippen LogP contribution is -2.47. The monoisotopic (exact) mass is 427 g/mol. The van der Waals surface area contributed by atoms with E-state index in [1.807, 2.05) is 0 Å². The van der Waals surface area contributed by atoms with E-state index in [1.54, 1.807) is 25.1 Å². The Balaban J connectivity index is 1.57. The van der Waals surface area contributed by atoms with Gasteiger partial charge in [-0.3, -0.25) is 10.2 Å².